The molecule has 0 spiro atoms. The SMILES string of the molecule is CC(=O)O[C@H]1C[C@@H]2CC[C@@H]3[C@H](CC[C@]4(C)[C@H](O)[C@@H]([N+]5(C)CCCCC5)C[C@@H]34)[C@@]2(C)C[C@@H]1N1CCCCC1. The van der Waals surface area contributed by atoms with E-state index in [0.29, 0.717) is 29.3 Å². The Bertz CT molecular complexity index is 851. The van der Waals surface area contributed by atoms with Crippen molar-refractivity contribution in [2.45, 2.75) is 129 Å². The molecule has 5 nitrogen and oxygen atoms in total. The van der Waals surface area contributed by atoms with Gasteiger partial charge < -0.3 is 14.3 Å². The molecule has 6 rings (SSSR count). The van der Waals surface area contributed by atoms with Gasteiger partial charge in [-0.1, -0.05) is 20.3 Å². The van der Waals surface area contributed by atoms with Crippen molar-refractivity contribution in [2.75, 3.05) is 33.2 Å². The van der Waals surface area contributed by atoms with Gasteiger partial charge in [0.05, 0.1) is 20.1 Å². The Morgan fingerprint density at radius 2 is 1.62 bits per heavy atom. The van der Waals surface area contributed by atoms with E-state index in [1.165, 1.54) is 103 Å². The molecular formula is C32H55N2O3+. The fraction of sp³-hybridized carbons (Fsp3) is 0.969. The third-order valence-electron chi connectivity index (χ3n) is 13.4. The van der Waals surface area contributed by atoms with Crippen molar-refractivity contribution in [3.05, 3.63) is 0 Å². The summed E-state index contributed by atoms with van der Waals surface area (Å²) in [6, 6.07) is 0.817. The molecule has 6 aliphatic rings. The number of likely N-dealkylation sites (tertiary alicyclic amines) is 2. The Balaban J connectivity index is 1.26. The van der Waals surface area contributed by atoms with Gasteiger partial charge in [-0.25, -0.2) is 0 Å². The van der Waals surface area contributed by atoms with Gasteiger partial charge in [-0.05, 0) is 113 Å². The molecule has 0 bridgehead atoms. The van der Waals surface area contributed by atoms with E-state index in [9.17, 15) is 9.90 Å². The first-order valence-electron chi connectivity index (χ1n) is 16.1. The molecule has 0 radical (unpaired) electrons. The molecule has 10 atom stereocenters. The summed E-state index contributed by atoms with van der Waals surface area (Å²) in [4.78, 5) is 14.8. The third kappa shape index (κ3) is 4.32. The van der Waals surface area contributed by atoms with Gasteiger partial charge in [-0.15, -0.1) is 0 Å². The summed E-state index contributed by atoms with van der Waals surface area (Å²) < 4.78 is 7.18. The zero-order valence-corrected chi connectivity index (χ0v) is 24.3. The van der Waals surface area contributed by atoms with Gasteiger partial charge in [0.1, 0.15) is 18.2 Å². The van der Waals surface area contributed by atoms with Crippen molar-refractivity contribution in [2.24, 2.45) is 34.5 Å². The predicted octanol–water partition coefficient (Wildman–Crippen LogP) is 5.40. The Hall–Kier alpha value is -0.650. The number of hydrogen-bond acceptors (Lipinski definition) is 4. The maximum atomic E-state index is 12.1. The molecule has 2 saturated heterocycles. The second kappa shape index (κ2) is 9.77. The molecule has 4 saturated carbocycles. The van der Waals surface area contributed by atoms with Gasteiger partial charge in [0.2, 0.25) is 0 Å². The summed E-state index contributed by atoms with van der Waals surface area (Å²) in [7, 11) is 2.46. The normalized spacial score (nSPS) is 50.0. The van der Waals surface area contributed by atoms with E-state index in [4.69, 9.17) is 4.74 Å². The van der Waals surface area contributed by atoms with E-state index < -0.39 is 0 Å². The number of carbonyl (C=O) groups excluding carboxylic acids is 1. The van der Waals surface area contributed by atoms with Gasteiger partial charge in [0.25, 0.3) is 0 Å². The topological polar surface area (TPSA) is 49.8 Å². The third-order valence-corrected chi connectivity index (χ3v) is 13.4. The van der Waals surface area contributed by atoms with Crippen LogP contribution in [0.4, 0.5) is 0 Å². The van der Waals surface area contributed by atoms with E-state index in [1.54, 1.807) is 6.92 Å². The number of carbonyl (C=O) groups is 1. The molecule has 0 aromatic heterocycles. The quantitative estimate of drug-likeness (QED) is 0.404. The van der Waals surface area contributed by atoms with Gasteiger partial charge >= 0.3 is 5.97 Å². The number of piperidine rings is 2. The van der Waals surface area contributed by atoms with Crippen LogP contribution in [-0.2, 0) is 9.53 Å². The van der Waals surface area contributed by atoms with E-state index in [2.05, 4.69) is 25.8 Å². The number of likely N-dealkylation sites (N-methyl/N-ethyl adjacent to an activating group) is 1. The van der Waals surface area contributed by atoms with Gasteiger partial charge in [-0.2, -0.15) is 0 Å². The Morgan fingerprint density at radius 1 is 0.919 bits per heavy atom. The second-order valence-corrected chi connectivity index (χ2v) is 15.2. The van der Waals surface area contributed by atoms with E-state index in [1.807, 2.05) is 0 Å². The van der Waals surface area contributed by atoms with Crippen LogP contribution in [0.5, 0.6) is 0 Å². The first-order valence-corrected chi connectivity index (χ1v) is 16.1. The Morgan fingerprint density at radius 3 is 2.32 bits per heavy atom. The molecule has 37 heavy (non-hydrogen) atoms. The van der Waals surface area contributed by atoms with Gasteiger partial charge in [-0.3, -0.25) is 9.69 Å². The van der Waals surface area contributed by atoms with E-state index in [0.717, 1.165) is 22.7 Å². The largest absolute Gasteiger partial charge is 0.461 e. The minimum absolute atomic E-state index is 0.0697. The van der Waals surface area contributed by atoms with Crippen LogP contribution in [-0.4, -0.2) is 78.0 Å². The number of aliphatic hydroxyl groups is 1. The first kappa shape index (κ1) is 26.6. The van der Waals surface area contributed by atoms with E-state index >= 15 is 0 Å². The highest BCUT2D eigenvalue weighted by molar-refractivity contribution is 5.66. The molecule has 1 N–H and O–H groups in total. The molecule has 4 aliphatic carbocycles. The number of nitrogens with zero attached hydrogens (tertiary/aromatic N) is 2. The Kier molecular flexibility index (Phi) is 7.01. The van der Waals surface area contributed by atoms with Crippen LogP contribution in [0.1, 0.15) is 104 Å². The number of aliphatic hydroxyl groups excluding tert-OH is 1. The van der Waals surface area contributed by atoms with Crippen LogP contribution >= 0.6 is 0 Å². The summed E-state index contributed by atoms with van der Waals surface area (Å²) in [5, 5.41) is 11.9. The number of rotatable bonds is 3. The summed E-state index contributed by atoms with van der Waals surface area (Å²) in [5.41, 5.74) is 0.421. The highest BCUT2D eigenvalue weighted by Crippen LogP contribution is 2.67. The number of esters is 1. The van der Waals surface area contributed by atoms with Gasteiger partial charge in [0, 0.05) is 24.8 Å². The lowest BCUT2D eigenvalue weighted by Gasteiger charge is -2.62. The lowest BCUT2D eigenvalue weighted by molar-refractivity contribution is -0.940. The van der Waals surface area contributed by atoms with Crippen molar-refractivity contribution in [1.82, 2.24) is 4.90 Å². The molecule has 2 heterocycles. The molecule has 0 unspecified atom stereocenters. The molecule has 5 heteroatoms. The van der Waals surface area contributed by atoms with Crippen LogP contribution in [0.25, 0.3) is 0 Å². The van der Waals surface area contributed by atoms with Crippen molar-refractivity contribution in [3.63, 3.8) is 0 Å². The van der Waals surface area contributed by atoms with Crippen LogP contribution in [0, 0.1) is 34.5 Å². The maximum absolute atomic E-state index is 12.1. The highest BCUT2D eigenvalue weighted by Gasteiger charge is 2.66. The molecular weight excluding hydrogens is 460 g/mol. The van der Waals surface area contributed by atoms with Crippen LogP contribution < -0.4 is 0 Å². The number of ether oxygens (including phenoxy) is 1. The maximum Gasteiger partial charge on any atom is 0.302 e. The molecule has 0 aromatic carbocycles. The summed E-state index contributed by atoms with van der Waals surface area (Å²) in [6.45, 7) is 11.6. The van der Waals surface area contributed by atoms with Gasteiger partial charge in [0.15, 0.2) is 0 Å². The zero-order valence-electron chi connectivity index (χ0n) is 24.3. The second-order valence-electron chi connectivity index (χ2n) is 15.2. The van der Waals surface area contributed by atoms with Crippen molar-refractivity contribution < 1.29 is 19.1 Å². The van der Waals surface area contributed by atoms with Crippen molar-refractivity contribution >= 4 is 5.97 Å². The minimum atomic E-state index is -0.145. The van der Waals surface area contributed by atoms with E-state index in [-0.39, 0.29) is 23.6 Å². The molecule has 0 amide bonds. The fourth-order valence-electron chi connectivity index (χ4n) is 11.4. The zero-order chi connectivity index (χ0) is 26.0. The standard InChI is InChI=1S/C32H55N2O3/c1-22(35)37-29-19-23-11-12-24-25(32(23,3)21-27(29)33-15-7-5-8-16-33)13-14-31(2)26(24)20-28(30(31)36)34(4)17-9-6-10-18-34/h23-30,36H,5-21H2,1-4H3/q+1/t23-,24+,25-,26-,27-,28-,29-,30+,31-,32-/m0/s1. The highest BCUT2D eigenvalue weighted by atomic mass is 16.5. The average Bonchev–Trinajstić information content (AvgIpc) is 3.16. The number of fused-ring (bicyclic) bond motifs is 5. The average molecular weight is 516 g/mol. The smallest absolute Gasteiger partial charge is 0.302 e. The molecule has 2 aliphatic heterocycles. The lowest BCUT2D eigenvalue weighted by atomic mass is 9.44. The summed E-state index contributed by atoms with van der Waals surface area (Å²) >= 11 is 0. The molecule has 6 fully saturated rings. The summed E-state index contributed by atoms with van der Waals surface area (Å²) in [5.74, 6) is 2.74. The van der Waals surface area contributed by atoms with Crippen molar-refractivity contribution in [3.8, 4) is 0 Å². The number of hydrogen-bond donors (Lipinski definition) is 1. The molecule has 210 valence electrons. The monoisotopic (exact) mass is 515 g/mol. The number of quaternary nitrogens is 1. The van der Waals surface area contributed by atoms with Crippen LogP contribution in [0.3, 0.4) is 0 Å². The van der Waals surface area contributed by atoms with Crippen molar-refractivity contribution in [1.29, 1.82) is 0 Å². The Labute approximate surface area is 226 Å². The lowest BCUT2D eigenvalue weighted by Crippen LogP contribution is -2.61. The first-order chi connectivity index (χ1) is 17.7. The predicted molar refractivity (Wildman–Crippen MR) is 147 cm³/mol. The minimum Gasteiger partial charge on any atom is -0.461 e. The van der Waals surface area contributed by atoms with Crippen LogP contribution in [0.15, 0.2) is 0 Å². The molecule has 0 aromatic rings. The van der Waals surface area contributed by atoms with Crippen LogP contribution in [0.2, 0.25) is 0 Å². The fourth-order valence-corrected chi connectivity index (χ4v) is 11.4. The summed E-state index contributed by atoms with van der Waals surface area (Å²) in [6.07, 6.45) is 16.4.